The molecule has 3 rings (SSSR count). The SMILES string of the molecule is Cn1c(=O)n(C)c2cc(NC(=O)CN(c3cccc(F)c3)S(C)(=O)=O)ccc21. The Bertz CT molecular complexity index is 1230. The van der Waals surface area contributed by atoms with Crippen molar-refractivity contribution < 1.29 is 17.6 Å². The van der Waals surface area contributed by atoms with E-state index < -0.39 is 28.3 Å². The Morgan fingerprint density at radius 3 is 2.43 bits per heavy atom. The number of nitrogens with zero attached hydrogens (tertiary/aromatic N) is 3. The first-order valence-electron chi connectivity index (χ1n) is 8.26. The summed E-state index contributed by atoms with van der Waals surface area (Å²) >= 11 is 0. The summed E-state index contributed by atoms with van der Waals surface area (Å²) in [5, 5.41) is 2.61. The molecule has 0 aliphatic carbocycles. The van der Waals surface area contributed by atoms with Gasteiger partial charge in [-0.05, 0) is 36.4 Å². The first-order valence-corrected chi connectivity index (χ1v) is 10.1. The fourth-order valence-electron chi connectivity index (χ4n) is 2.95. The Hall–Kier alpha value is -3.14. The molecule has 28 heavy (non-hydrogen) atoms. The van der Waals surface area contributed by atoms with Crippen LogP contribution in [0, 0.1) is 5.82 Å². The number of benzene rings is 2. The predicted molar refractivity (Wildman–Crippen MR) is 105 cm³/mol. The molecule has 1 aromatic heterocycles. The van der Waals surface area contributed by atoms with Gasteiger partial charge in [-0.3, -0.25) is 18.2 Å². The van der Waals surface area contributed by atoms with Crippen molar-refractivity contribution in [2.45, 2.75) is 0 Å². The number of halogens is 1. The van der Waals surface area contributed by atoms with Crippen molar-refractivity contribution in [2.24, 2.45) is 14.1 Å². The summed E-state index contributed by atoms with van der Waals surface area (Å²) in [6.07, 6.45) is 0.941. The Morgan fingerprint density at radius 1 is 1.11 bits per heavy atom. The Balaban J connectivity index is 1.86. The number of sulfonamides is 1. The lowest BCUT2D eigenvalue weighted by Crippen LogP contribution is -2.37. The van der Waals surface area contributed by atoms with Gasteiger partial charge in [0.05, 0.1) is 23.0 Å². The summed E-state index contributed by atoms with van der Waals surface area (Å²) in [4.78, 5) is 24.4. The minimum atomic E-state index is -3.81. The Labute approximate surface area is 160 Å². The maximum atomic E-state index is 13.5. The highest BCUT2D eigenvalue weighted by Gasteiger charge is 2.21. The van der Waals surface area contributed by atoms with Gasteiger partial charge in [-0.25, -0.2) is 17.6 Å². The molecule has 2 aromatic carbocycles. The van der Waals surface area contributed by atoms with Crippen molar-refractivity contribution >= 4 is 38.3 Å². The standard InChI is InChI=1S/C18H19FN4O4S/c1-21-15-8-7-13(10-16(15)22(2)18(21)25)20-17(24)11-23(28(3,26)27)14-6-4-5-12(19)9-14/h4-10H,11H2,1-3H3,(H,20,24). The zero-order valence-electron chi connectivity index (χ0n) is 15.5. The molecule has 0 atom stereocenters. The molecule has 0 fully saturated rings. The van der Waals surface area contributed by atoms with E-state index in [1.807, 2.05) is 0 Å². The van der Waals surface area contributed by atoms with Crippen LogP contribution < -0.4 is 15.3 Å². The van der Waals surface area contributed by atoms with Crippen molar-refractivity contribution in [3.63, 3.8) is 0 Å². The highest BCUT2D eigenvalue weighted by Crippen LogP contribution is 2.20. The number of imidazole rings is 1. The zero-order valence-corrected chi connectivity index (χ0v) is 16.3. The molecule has 1 heterocycles. The van der Waals surface area contributed by atoms with Crippen LogP contribution in [0.5, 0.6) is 0 Å². The number of carbonyl (C=O) groups is 1. The molecular formula is C18H19FN4O4S. The van der Waals surface area contributed by atoms with Crippen LogP contribution in [-0.2, 0) is 28.9 Å². The van der Waals surface area contributed by atoms with Crippen LogP contribution in [0.15, 0.2) is 47.3 Å². The summed E-state index contributed by atoms with van der Waals surface area (Å²) in [6, 6.07) is 9.93. The molecule has 3 aromatic rings. The number of carbonyl (C=O) groups excluding carboxylic acids is 1. The van der Waals surface area contributed by atoms with Crippen molar-refractivity contribution in [3.8, 4) is 0 Å². The number of aryl methyl sites for hydroxylation is 2. The van der Waals surface area contributed by atoms with E-state index in [1.54, 1.807) is 32.3 Å². The summed E-state index contributed by atoms with van der Waals surface area (Å²) in [5.74, 6) is -1.21. The molecule has 0 aliphatic heterocycles. The van der Waals surface area contributed by atoms with Gasteiger partial charge in [0.1, 0.15) is 12.4 Å². The predicted octanol–water partition coefficient (Wildman–Crippen LogP) is 1.42. The van der Waals surface area contributed by atoms with E-state index >= 15 is 0 Å². The van der Waals surface area contributed by atoms with E-state index in [4.69, 9.17) is 0 Å². The van der Waals surface area contributed by atoms with E-state index in [2.05, 4.69) is 5.32 Å². The molecule has 0 aliphatic rings. The van der Waals surface area contributed by atoms with Gasteiger partial charge >= 0.3 is 5.69 Å². The van der Waals surface area contributed by atoms with Crippen LogP contribution in [0.2, 0.25) is 0 Å². The number of hydrogen-bond donors (Lipinski definition) is 1. The van der Waals surface area contributed by atoms with Crippen molar-refractivity contribution in [1.29, 1.82) is 0 Å². The van der Waals surface area contributed by atoms with Crippen LogP contribution in [-0.4, -0.2) is 36.3 Å². The van der Waals surface area contributed by atoms with Gasteiger partial charge in [0.15, 0.2) is 0 Å². The highest BCUT2D eigenvalue weighted by atomic mass is 32.2. The van der Waals surface area contributed by atoms with E-state index in [9.17, 15) is 22.4 Å². The van der Waals surface area contributed by atoms with E-state index in [0.717, 1.165) is 16.6 Å². The fraction of sp³-hybridized carbons (Fsp3) is 0.222. The van der Waals surface area contributed by atoms with E-state index in [1.165, 1.54) is 27.3 Å². The molecule has 0 saturated heterocycles. The van der Waals surface area contributed by atoms with Gasteiger partial charge < -0.3 is 5.32 Å². The van der Waals surface area contributed by atoms with Crippen LogP contribution in [0.25, 0.3) is 11.0 Å². The van der Waals surface area contributed by atoms with Crippen LogP contribution in [0.4, 0.5) is 15.8 Å². The van der Waals surface area contributed by atoms with Gasteiger partial charge in [-0.1, -0.05) is 6.07 Å². The van der Waals surface area contributed by atoms with Crippen LogP contribution in [0.3, 0.4) is 0 Å². The lowest BCUT2D eigenvalue weighted by molar-refractivity contribution is -0.114. The molecule has 148 valence electrons. The highest BCUT2D eigenvalue weighted by molar-refractivity contribution is 7.92. The van der Waals surface area contributed by atoms with Crippen molar-refractivity contribution in [3.05, 3.63) is 58.8 Å². The second kappa shape index (κ2) is 7.12. The smallest absolute Gasteiger partial charge is 0.324 e. The molecule has 0 saturated carbocycles. The van der Waals surface area contributed by atoms with Crippen molar-refractivity contribution in [2.75, 3.05) is 22.4 Å². The molecule has 0 unspecified atom stereocenters. The average molecular weight is 406 g/mol. The molecule has 0 spiro atoms. The average Bonchev–Trinajstić information content (AvgIpc) is 2.83. The number of amides is 1. The lowest BCUT2D eigenvalue weighted by atomic mass is 10.2. The van der Waals surface area contributed by atoms with Gasteiger partial charge in [0, 0.05) is 19.8 Å². The maximum Gasteiger partial charge on any atom is 0.328 e. The number of aromatic nitrogens is 2. The lowest BCUT2D eigenvalue weighted by Gasteiger charge is -2.22. The van der Waals surface area contributed by atoms with Crippen LogP contribution in [0.1, 0.15) is 0 Å². The quantitative estimate of drug-likeness (QED) is 0.694. The topological polar surface area (TPSA) is 93.4 Å². The summed E-state index contributed by atoms with van der Waals surface area (Å²) in [5.41, 5.74) is 1.58. The molecule has 1 N–H and O–H groups in total. The number of anilines is 2. The number of rotatable bonds is 5. The number of hydrogen-bond acceptors (Lipinski definition) is 4. The van der Waals surface area contributed by atoms with Gasteiger partial charge in [0.2, 0.25) is 15.9 Å². The normalized spacial score (nSPS) is 11.6. The monoisotopic (exact) mass is 406 g/mol. The summed E-state index contributed by atoms with van der Waals surface area (Å²) < 4.78 is 41.4. The second-order valence-electron chi connectivity index (χ2n) is 6.40. The minimum absolute atomic E-state index is 0.0542. The molecule has 1 amide bonds. The molecule has 0 bridgehead atoms. The second-order valence-corrected chi connectivity index (χ2v) is 8.31. The Kier molecular flexibility index (Phi) is 4.99. The molecule has 0 radical (unpaired) electrons. The fourth-order valence-corrected chi connectivity index (χ4v) is 3.80. The van der Waals surface area contributed by atoms with E-state index in [-0.39, 0.29) is 11.4 Å². The first-order chi connectivity index (χ1) is 13.1. The van der Waals surface area contributed by atoms with Gasteiger partial charge in [0.25, 0.3) is 0 Å². The van der Waals surface area contributed by atoms with Gasteiger partial charge in [-0.15, -0.1) is 0 Å². The van der Waals surface area contributed by atoms with E-state index in [0.29, 0.717) is 16.7 Å². The Morgan fingerprint density at radius 2 is 1.79 bits per heavy atom. The van der Waals surface area contributed by atoms with Crippen LogP contribution >= 0.6 is 0 Å². The maximum absolute atomic E-state index is 13.5. The third-order valence-electron chi connectivity index (χ3n) is 4.34. The number of fused-ring (bicyclic) bond motifs is 1. The van der Waals surface area contributed by atoms with Crippen molar-refractivity contribution in [1.82, 2.24) is 9.13 Å². The molecular weight excluding hydrogens is 387 g/mol. The number of nitrogens with one attached hydrogen (secondary N) is 1. The minimum Gasteiger partial charge on any atom is -0.324 e. The zero-order chi connectivity index (χ0) is 20.6. The summed E-state index contributed by atoms with van der Waals surface area (Å²) in [7, 11) is -0.547. The third-order valence-corrected chi connectivity index (χ3v) is 5.48. The first kappa shape index (κ1) is 19.6. The molecule has 10 heteroatoms. The third kappa shape index (κ3) is 3.77. The molecule has 8 nitrogen and oxygen atoms in total. The van der Waals surface area contributed by atoms with Gasteiger partial charge in [-0.2, -0.15) is 0 Å². The summed E-state index contributed by atoms with van der Waals surface area (Å²) in [6.45, 7) is -0.520. The largest absolute Gasteiger partial charge is 0.328 e.